The maximum absolute atomic E-state index is 13.5. The molecule has 25 heavy (non-hydrogen) atoms. The summed E-state index contributed by atoms with van der Waals surface area (Å²) in [6.07, 6.45) is 8.05. The summed E-state index contributed by atoms with van der Waals surface area (Å²) in [6, 6.07) is 4.59. The number of benzene rings is 1. The normalized spacial score (nSPS) is 28.4. The van der Waals surface area contributed by atoms with Crippen molar-refractivity contribution in [3.63, 3.8) is 0 Å². The van der Waals surface area contributed by atoms with Crippen LogP contribution in [0.2, 0.25) is 0 Å². The number of nitrogens with zero attached hydrogens (tertiary/aromatic N) is 2. The molecule has 1 aliphatic carbocycles. The number of carbonyl (C=O) groups is 1. The zero-order valence-corrected chi connectivity index (χ0v) is 14.6. The van der Waals surface area contributed by atoms with E-state index < -0.39 is 11.6 Å². The van der Waals surface area contributed by atoms with Crippen molar-refractivity contribution < 1.29 is 13.6 Å². The molecule has 1 spiro atoms. The Balaban J connectivity index is 1.46. The molecule has 0 bridgehead atoms. The fourth-order valence-electron chi connectivity index (χ4n) is 5.03. The van der Waals surface area contributed by atoms with Crippen LogP contribution in [-0.2, 0) is 11.3 Å². The van der Waals surface area contributed by atoms with Crippen LogP contribution >= 0.6 is 0 Å². The number of likely N-dealkylation sites (tertiary alicyclic amines) is 2. The molecule has 1 amide bonds. The summed E-state index contributed by atoms with van der Waals surface area (Å²) >= 11 is 0. The first-order valence-corrected chi connectivity index (χ1v) is 9.55. The minimum Gasteiger partial charge on any atom is -0.338 e. The predicted octanol–water partition coefficient (Wildman–Crippen LogP) is 3.72. The monoisotopic (exact) mass is 348 g/mol. The van der Waals surface area contributed by atoms with Crippen LogP contribution in [0.5, 0.6) is 0 Å². The highest BCUT2D eigenvalue weighted by molar-refractivity contribution is 5.84. The van der Waals surface area contributed by atoms with Crippen LogP contribution in [0.4, 0.5) is 8.78 Å². The average molecular weight is 348 g/mol. The second kappa shape index (κ2) is 6.67. The second-order valence-electron chi connectivity index (χ2n) is 8.02. The van der Waals surface area contributed by atoms with Gasteiger partial charge in [0.25, 0.3) is 0 Å². The van der Waals surface area contributed by atoms with E-state index >= 15 is 0 Å². The maximum Gasteiger partial charge on any atom is 0.230 e. The van der Waals surface area contributed by atoms with Crippen molar-refractivity contribution in [2.24, 2.45) is 5.41 Å². The highest BCUT2D eigenvalue weighted by Crippen LogP contribution is 2.42. The van der Waals surface area contributed by atoms with Crippen LogP contribution in [0.25, 0.3) is 0 Å². The molecule has 4 rings (SSSR count). The molecule has 2 saturated heterocycles. The van der Waals surface area contributed by atoms with E-state index in [1.165, 1.54) is 31.7 Å². The lowest BCUT2D eigenvalue weighted by atomic mass is 9.78. The molecule has 3 aliphatic rings. The molecule has 2 aliphatic heterocycles. The van der Waals surface area contributed by atoms with Gasteiger partial charge in [-0.15, -0.1) is 0 Å². The fraction of sp³-hybridized carbons (Fsp3) is 0.650. The Bertz CT molecular complexity index is 659. The summed E-state index contributed by atoms with van der Waals surface area (Å²) in [6.45, 7) is 2.99. The maximum atomic E-state index is 13.5. The molecule has 1 aromatic rings. The van der Waals surface area contributed by atoms with Gasteiger partial charge in [-0.05, 0) is 56.3 Å². The van der Waals surface area contributed by atoms with E-state index in [0.717, 1.165) is 38.4 Å². The Morgan fingerprint density at radius 1 is 1.04 bits per heavy atom. The largest absolute Gasteiger partial charge is 0.338 e. The van der Waals surface area contributed by atoms with Gasteiger partial charge in [-0.25, -0.2) is 8.78 Å². The SMILES string of the molecule is O=C1N(Cc2ccc(F)c(F)c2)CCC[C@@]12CCN(C1CCCC1)C2. The van der Waals surface area contributed by atoms with Crippen molar-refractivity contribution in [2.45, 2.75) is 57.5 Å². The number of hydrogen-bond donors (Lipinski definition) is 0. The summed E-state index contributed by atoms with van der Waals surface area (Å²) in [5.74, 6) is -1.47. The van der Waals surface area contributed by atoms with Gasteiger partial charge in [-0.3, -0.25) is 9.69 Å². The Morgan fingerprint density at radius 3 is 2.60 bits per heavy atom. The van der Waals surface area contributed by atoms with Crippen molar-refractivity contribution in [2.75, 3.05) is 19.6 Å². The number of hydrogen-bond acceptors (Lipinski definition) is 2. The van der Waals surface area contributed by atoms with Crippen molar-refractivity contribution in [1.29, 1.82) is 0 Å². The molecule has 3 nitrogen and oxygen atoms in total. The Kier molecular flexibility index (Phi) is 4.52. The average Bonchev–Trinajstić information content (AvgIpc) is 3.26. The van der Waals surface area contributed by atoms with Gasteiger partial charge in [0.2, 0.25) is 5.91 Å². The van der Waals surface area contributed by atoms with Gasteiger partial charge in [-0.1, -0.05) is 18.9 Å². The Labute approximate surface area is 148 Å². The first kappa shape index (κ1) is 17.0. The summed E-state index contributed by atoms with van der Waals surface area (Å²) in [4.78, 5) is 17.6. The third-order valence-corrected chi connectivity index (χ3v) is 6.41. The van der Waals surface area contributed by atoms with Crippen LogP contribution in [0, 0.1) is 17.0 Å². The quantitative estimate of drug-likeness (QED) is 0.831. The molecular weight excluding hydrogens is 322 g/mol. The first-order valence-electron chi connectivity index (χ1n) is 9.55. The van der Waals surface area contributed by atoms with Gasteiger partial charge in [0.05, 0.1) is 5.41 Å². The van der Waals surface area contributed by atoms with Gasteiger partial charge >= 0.3 is 0 Å². The van der Waals surface area contributed by atoms with E-state index in [-0.39, 0.29) is 11.3 Å². The van der Waals surface area contributed by atoms with E-state index in [1.54, 1.807) is 6.07 Å². The molecule has 0 unspecified atom stereocenters. The van der Waals surface area contributed by atoms with Crippen molar-refractivity contribution in [3.8, 4) is 0 Å². The molecular formula is C20H26F2N2O. The lowest BCUT2D eigenvalue weighted by Gasteiger charge is -2.40. The van der Waals surface area contributed by atoms with Gasteiger partial charge in [0.15, 0.2) is 11.6 Å². The molecule has 1 aromatic carbocycles. The third kappa shape index (κ3) is 3.19. The smallest absolute Gasteiger partial charge is 0.230 e. The van der Waals surface area contributed by atoms with Crippen LogP contribution < -0.4 is 0 Å². The number of halogens is 2. The highest BCUT2D eigenvalue weighted by atomic mass is 19.2. The van der Waals surface area contributed by atoms with Crippen LogP contribution in [0.1, 0.15) is 50.5 Å². The Morgan fingerprint density at radius 2 is 1.84 bits per heavy atom. The molecule has 0 aromatic heterocycles. The zero-order valence-electron chi connectivity index (χ0n) is 14.6. The molecule has 2 heterocycles. The molecule has 3 fully saturated rings. The number of carbonyl (C=O) groups excluding carboxylic acids is 1. The molecule has 5 heteroatoms. The number of piperidine rings is 1. The first-order chi connectivity index (χ1) is 12.1. The Hall–Kier alpha value is -1.49. The van der Waals surface area contributed by atoms with Crippen LogP contribution in [0.3, 0.4) is 0 Å². The summed E-state index contributed by atoms with van der Waals surface area (Å²) in [5, 5.41) is 0. The highest BCUT2D eigenvalue weighted by Gasteiger charge is 2.49. The lowest BCUT2D eigenvalue weighted by molar-refractivity contribution is -0.146. The second-order valence-corrected chi connectivity index (χ2v) is 8.02. The topological polar surface area (TPSA) is 23.6 Å². The van der Waals surface area contributed by atoms with E-state index in [2.05, 4.69) is 4.90 Å². The van der Waals surface area contributed by atoms with Gasteiger partial charge in [0.1, 0.15) is 0 Å². The minimum absolute atomic E-state index is 0.212. The molecule has 0 N–H and O–H groups in total. The van der Waals surface area contributed by atoms with Gasteiger partial charge < -0.3 is 4.90 Å². The van der Waals surface area contributed by atoms with E-state index in [1.807, 2.05) is 4.90 Å². The molecule has 136 valence electrons. The number of rotatable bonds is 3. The molecule has 0 radical (unpaired) electrons. The number of amides is 1. The van der Waals surface area contributed by atoms with Crippen LogP contribution in [-0.4, -0.2) is 41.4 Å². The van der Waals surface area contributed by atoms with E-state index in [0.29, 0.717) is 24.7 Å². The van der Waals surface area contributed by atoms with Gasteiger partial charge in [0, 0.05) is 25.7 Å². The molecule has 1 atom stereocenters. The van der Waals surface area contributed by atoms with E-state index in [9.17, 15) is 13.6 Å². The van der Waals surface area contributed by atoms with Crippen molar-refractivity contribution in [3.05, 3.63) is 35.4 Å². The summed E-state index contributed by atoms with van der Waals surface area (Å²) in [7, 11) is 0. The standard InChI is InChI=1S/C20H26F2N2O/c21-17-7-6-15(12-18(17)22)13-23-10-3-8-20(19(23)25)9-11-24(14-20)16-4-1-2-5-16/h6-7,12,16H,1-5,8-11,13-14H2/t20-/m0/s1. The third-order valence-electron chi connectivity index (χ3n) is 6.41. The summed E-state index contributed by atoms with van der Waals surface area (Å²) < 4.78 is 26.6. The van der Waals surface area contributed by atoms with Gasteiger partial charge in [-0.2, -0.15) is 0 Å². The predicted molar refractivity (Wildman–Crippen MR) is 91.9 cm³/mol. The molecule has 1 saturated carbocycles. The van der Waals surface area contributed by atoms with Crippen molar-refractivity contribution in [1.82, 2.24) is 9.80 Å². The minimum atomic E-state index is -0.843. The fourth-order valence-corrected chi connectivity index (χ4v) is 5.03. The zero-order chi connectivity index (χ0) is 17.4. The lowest BCUT2D eigenvalue weighted by Crippen LogP contribution is -2.50. The summed E-state index contributed by atoms with van der Waals surface area (Å²) in [5.41, 5.74) is 0.411. The van der Waals surface area contributed by atoms with Crippen molar-refractivity contribution >= 4 is 5.91 Å². The van der Waals surface area contributed by atoms with E-state index in [4.69, 9.17) is 0 Å². The van der Waals surface area contributed by atoms with Crippen LogP contribution in [0.15, 0.2) is 18.2 Å².